The van der Waals surface area contributed by atoms with Gasteiger partial charge in [-0.1, -0.05) is 54.6 Å². The Morgan fingerprint density at radius 2 is 1.71 bits per heavy atom. The number of H-pyrrole nitrogens is 1. The Morgan fingerprint density at radius 1 is 0.886 bits per heavy atom. The highest BCUT2D eigenvalue weighted by Crippen LogP contribution is 2.40. The largest absolute Gasteiger partial charge is 0.321 e. The van der Waals surface area contributed by atoms with E-state index >= 15 is 0 Å². The molecule has 3 N–H and O–H groups in total. The predicted molar refractivity (Wildman–Crippen MR) is 136 cm³/mol. The molecule has 0 saturated heterocycles. The van der Waals surface area contributed by atoms with E-state index in [1.807, 2.05) is 28.9 Å². The summed E-state index contributed by atoms with van der Waals surface area (Å²) in [5.41, 5.74) is 14.3. The lowest BCUT2D eigenvalue weighted by atomic mass is 9.72. The van der Waals surface area contributed by atoms with Crippen LogP contribution in [0.15, 0.2) is 85.3 Å². The molecule has 0 atom stereocenters. The lowest BCUT2D eigenvalue weighted by molar-refractivity contribution is 0.253. The van der Waals surface area contributed by atoms with Crippen molar-refractivity contribution in [3.05, 3.63) is 90.9 Å². The fourth-order valence-corrected chi connectivity index (χ4v) is 5.03. The number of nitrogens with one attached hydrogen (secondary N) is 1. The number of hydrogen-bond donors (Lipinski definition) is 2. The molecule has 1 aliphatic carbocycles. The Kier molecular flexibility index (Phi) is 4.34. The van der Waals surface area contributed by atoms with Crippen molar-refractivity contribution in [2.24, 2.45) is 5.73 Å². The average molecular weight is 458 g/mol. The molecule has 7 heteroatoms. The zero-order chi connectivity index (χ0) is 23.4. The molecule has 7 nitrogen and oxygen atoms in total. The van der Waals surface area contributed by atoms with Crippen molar-refractivity contribution in [2.45, 2.75) is 24.8 Å². The van der Waals surface area contributed by atoms with E-state index in [9.17, 15) is 0 Å². The van der Waals surface area contributed by atoms with Gasteiger partial charge in [-0.25, -0.2) is 4.98 Å². The maximum absolute atomic E-state index is 6.56. The van der Waals surface area contributed by atoms with Crippen LogP contribution in [-0.2, 0) is 5.54 Å². The topological polar surface area (TPSA) is 97.8 Å². The van der Waals surface area contributed by atoms with Gasteiger partial charge in [0.25, 0.3) is 0 Å². The van der Waals surface area contributed by atoms with Crippen LogP contribution in [0.5, 0.6) is 0 Å². The van der Waals surface area contributed by atoms with Gasteiger partial charge in [0, 0.05) is 34.4 Å². The fraction of sp³-hybridized carbons (Fsp3) is 0.143. The standard InChI is InChI=1S/C28H23N7/c29-28(12-4-13-28)21-9-7-19(8-10-21)25-22(18-5-2-1-3-6-18)15-23-24(32-25)11-14-35-26(33-34-27(23)35)20-16-30-31-17-20/h1-3,5-11,14-17H,4,12-13,29H2,(H,30,31). The molecule has 2 aromatic carbocycles. The van der Waals surface area contributed by atoms with Gasteiger partial charge >= 0.3 is 0 Å². The van der Waals surface area contributed by atoms with Crippen LogP contribution in [0.1, 0.15) is 24.8 Å². The average Bonchev–Trinajstić information content (AvgIpc) is 3.57. The van der Waals surface area contributed by atoms with E-state index in [-0.39, 0.29) is 5.54 Å². The Hall–Kier alpha value is -4.36. The summed E-state index contributed by atoms with van der Waals surface area (Å²) in [5.74, 6) is 0.739. The molecular formula is C28H23N7. The maximum atomic E-state index is 6.56. The molecule has 0 amide bonds. The summed E-state index contributed by atoms with van der Waals surface area (Å²) >= 11 is 0. The van der Waals surface area contributed by atoms with Gasteiger partial charge in [0.05, 0.1) is 23.0 Å². The van der Waals surface area contributed by atoms with E-state index in [1.54, 1.807) is 6.20 Å². The Bertz CT molecular complexity index is 1660. The number of nitrogens with zero attached hydrogens (tertiary/aromatic N) is 5. The molecule has 4 aromatic heterocycles. The van der Waals surface area contributed by atoms with Crippen LogP contribution in [0.2, 0.25) is 0 Å². The number of pyridine rings is 2. The minimum absolute atomic E-state index is 0.177. The maximum Gasteiger partial charge on any atom is 0.171 e. The SMILES string of the molecule is NC1(c2ccc(-c3nc4ccn5c(-c6cn[nH]c6)nnc5c4cc3-c3ccccc3)cc2)CCC1. The van der Waals surface area contributed by atoms with E-state index in [0.717, 1.165) is 63.2 Å². The van der Waals surface area contributed by atoms with Gasteiger partial charge in [0.2, 0.25) is 0 Å². The summed E-state index contributed by atoms with van der Waals surface area (Å²) in [6.07, 6.45) is 8.82. The van der Waals surface area contributed by atoms with Gasteiger partial charge in [-0.05, 0) is 42.5 Å². The number of rotatable bonds is 4. The van der Waals surface area contributed by atoms with Crippen molar-refractivity contribution < 1.29 is 0 Å². The lowest BCUT2D eigenvalue weighted by Crippen LogP contribution is -2.43. The molecule has 1 aliphatic rings. The molecule has 0 radical (unpaired) electrons. The van der Waals surface area contributed by atoms with Crippen LogP contribution in [0.25, 0.3) is 50.3 Å². The molecule has 35 heavy (non-hydrogen) atoms. The van der Waals surface area contributed by atoms with E-state index in [0.29, 0.717) is 0 Å². The van der Waals surface area contributed by atoms with Gasteiger partial charge in [-0.2, -0.15) is 5.10 Å². The van der Waals surface area contributed by atoms with Crippen LogP contribution in [0.3, 0.4) is 0 Å². The quantitative estimate of drug-likeness (QED) is 0.372. The smallest absolute Gasteiger partial charge is 0.171 e. The molecule has 170 valence electrons. The number of aromatic amines is 1. The van der Waals surface area contributed by atoms with E-state index in [2.05, 4.69) is 75.0 Å². The number of fused-ring (bicyclic) bond motifs is 3. The summed E-state index contributed by atoms with van der Waals surface area (Å²) in [5, 5.41) is 16.8. The first kappa shape index (κ1) is 20.1. The molecular weight excluding hydrogens is 434 g/mol. The Balaban J connectivity index is 1.43. The van der Waals surface area contributed by atoms with Gasteiger partial charge in [-0.3, -0.25) is 9.50 Å². The first-order chi connectivity index (χ1) is 17.2. The van der Waals surface area contributed by atoms with E-state index in [1.165, 1.54) is 12.0 Å². The Labute approximate surface area is 201 Å². The molecule has 0 spiro atoms. The molecule has 6 aromatic rings. The summed E-state index contributed by atoms with van der Waals surface area (Å²) in [6, 6.07) is 23.2. The van der Waals surface area contributed by atoms with Crippen molar-refractivity contribution in [1.82, 2.24) is 29.8 Å². The van der Waals surface area contributed by atoms with Crippen LogP contribution in [0.4, 0.5) is 0 Å². The number of hydrogen-bond acceptors (Lipinski definition) is 5. The fourth-order valence-electron chi connectivity index (χ4n) is 5.03. The highest BCUT2D eigenvalue weighted by atomic mass is 15.3. The molecule has 7 rings (SSSR count). The van der Waals surface area contributed by atoms with Gasteiger partial charge in [-0.15, -0.1) is 10.2 Å². The normalized spacial score (nSPS) is 14.9. The molecule has 0 aliphatic heterocycles. The second kappa shape index (κ2) is 7.58. The monoisotopic (exact) mass is 457 g/mol. The van der Waals surface area contributed by atoms with Crippen molar-refractivity contribution in [2.75, 3.05) is 0 Å². The number of benzene rings is 2. The number of aromatic nitrogens is 6. The summed E-state index contributed by atoms with van der Waals surface area (Å²) in [7, 11) is 0. The number of nitrogens with two attached hydrogens (primary N) is 1. The third kappa shape index (κ3) is 3.16. The molecule has 4 heterocycles. The van der Waals surface area contributed by atoms with E-state index in [4.69, 9.17) is 10.7 Å². The van der Waals surface area contributed by atoms with Gasteiger partial charge in [0.1, 0.15) is 0 Å². The Morgan fingerprint density at radius 3 is 2.43 bits per heavy atom. The molecule has 0 unspecified atom stereocenters. The first-order valence-electron chi connectivity index (χ1n) is 11.8. The van der Waals surface area contributed by atoms with Crippen LogP contribution < -0.4 is 5.73 Å². The summed E-state index contributed by atoms with van der Waals surface area (Å²) in [4.78, 5) is 5.14. The minimum Gasteiger partial charge on any atom is -0.321 e. The third-order valence-corrected chi connectivity index (χ3v) is 7.19. The molecule has 0 bridgehead atoms. The van der Waals surface area contributed by atoms with Crippen LogP contribution in [-0.4, -0.2) is 29.8 Å². The van der Waals surface area contributed by atoms with Gasteiger partial charge < -0.3 is 5.73 Å². The van der Waals surface area contributed by atoms with Crippen molar-refractivity contribution in [3.8, 4) is 33.8 Å². The van der Waals surface area contributed by atoms with Gasteiger partial charge in [0.15, 0.2) is 11.5 Å². The van der Waals surface area contributed by atoms with Crippen molar-refractivity contribution >= 4 is 16.6 Å². The minimum atomic E-state index is -0.177. The summed E-state index contributed by atoms with van der Waals surface area (Å²) < 4.78 is 1.98. The lowest BCUT2D eigenvalue weighted by Gasteiger charge is -2.38. The first-order valence-corrected chi connectivity index (χ1v) is 11.8. The second-order valence-corrected chi connectivity index (χ2v) is 9.29. The van der Waals surface area contributed by atoms with Crippen molar-refractivity contribution in [3.63, 3.8) is 0 Å². The highest BCUT2D eigenvalue weighted by molar-refractivity contribution is 5.98. The van der Waals surface area contributed by atoms with Crippen LogP contribution >= 0.6 is 0 Å². The van der Waals surface area contributed by atoms with Crippen molar-refractivity contribution in [1.29, 1.82) is 0 Å². The zero-order valence-electron chi connectivity index (χ0n) is 19.0. The molecule has 1 fully saturated rings. The highest BCUT2D eigenvalue weighted by Gasteiger charge is 2.34. The second-order valence-electron chi connectivity index (χ2n) is 9.29. The zero-order valence-corrected chi connectivity index (χ0v) is 19.0. The summed E-state index contributed by atoms with van der Waals surface area (Å²) in [6.45, 7) is 0. The van der Waals surface area contributed by atoms with Crippen LogP contribution in [0, 0.1) is 0 Å². The predicted octanol–water partition coefficient (Wildman–Crippen LogP) is 5.34. The third-order valence-electron chi connectivity index (χ3n) is 7.19. The van der Waals surface area contributed by atoms with E-state index < -0.39 is 0 Å². The molecule has 1 saturated carbocycles.